The van der Waals surface area contributed by atoms with Crippen LogP contribution in [0.2, 0.25) is 0 Å². The van der Waals surface area contributed by atoms with Gasteiger partial charge in [-0.15, -0.1) is 5.10 Å². The van der Waals surface area contributed by atoms with Crippen LogP contribution in [0.1, 0.15) is 21.7 Å². The summed E-state index contributed by atoms with van der Waals surface area (Å²) in [4.78, 5) is 13.2. The van der Waals surface area contributed by atoms with E-state index in [1.165, 1.54) is 29.6 Å². The summed E-state index contributed by atoms with van der Waals surface area (Å²) >= 11 is 0. The summed E-state index contributed by atoms with van der Waals surface area (Å²) in [5, 5.41) is 14.3. The molecule has 12 heteroatoms. The first kappa shape index (κ1) is 22.8. The molecule has 2 aromatic carbocycles. The highest BCUT2D eigenvalue weighted by atomic mass is 32.2. The van der Waals surface area contributed by atoms with Gasteiger partial charge in [-0.25, -0.2) is 8.42 Å². The average Bonchev–Trinajstić information content (AvgIpc) is 3.26. The Bertz CT molecular complexity index is 1280. The van der Waals surface area contributed by atoms with Gasteiger partial charge in [-0.1, -0.05) is 6.07 Å². The summed E-state index contributed by atoms with van der Waals surface area (Å²) in [6.07, 6.45) is 0. The van der Waals surface area contributed by atoms with Gasteiger partial charge in [0.15, 0.2) is 5.82 Å². The van der Waals surface area contributed by atoms with E-state index in [9.17, 15) is 13.2 Å². The minimum absolute atomic E-state index is 0.0178. The molecule has 1 saturated heterocycles. The number of aromatic nitrogens is 4. The molecule has 174 valence electrons. The molecular formula is C21H24N6O5S. The number of aryl methyl sites for hydroxylation is 2. The van der Waals surface area contributed by atoms with Gasteiger partial charge in [0, 0.05) is 18.8 Å². The molecule has 0 atom stereocenters. The molecule has 1 fully saturated rings. The van der Waals surface area contributed by atoms with Crippen molar-refractivity contribution in [3.63, 3.8) is 0 Å². The third kappa shape index (κ3) is 4.58. The van der Waals surface area contributed by atoms with Gasteiger partial charge in [0.2, 0.25) is 10.0 Å². The smallest absolute Gasteiger partial charge is 0.259 e. The number of amides is 1. The SMILES string of the molecule is COc1ccc(S(=O)(=O)N2CCOCC2)cc1C(=O)Nc1ccc(C)c(-n2nnnc2C)c1. The highest BCUT2D eigenvalue weighted by molar-refractivity contribution is 7.89. The Morgan fingerprint density at radius 1 is 1.12 bits per heavy atom. The molecule has 1 aliphatic rings. The molecule has 0 bridgehead atoms. The molecule has 3 aromatic rings. The molecule has 11 nitrogen and oxygen atoms in total. The number of carbonyl (C=O) groups excluding carboxylic acids is 1. The zero-order valence-corrected chi connectivity index (χ0v) is 19.3. The third-order valence-electron chi connectivity index (χ3n) is 5.34. The van der Waals surface area contributed by atoms with E-state index in [0.29, 0.717) is 30.4 Å². The van der Waals surface area contributed by atoms with E-state index in [2.05, 4.69) is 20.8 Å². The second kappa shape index (κ2) is 9.25. The topological polar surface area (TPSA) is 129 Å². The van der Waals surface area contributed by atoms with Crippen LogP contribution in [-0.2, 0) is 14.8 Å². The Hall–Kier alpha value is -3.35. The molecule has 1 aromatic heterocycles. The number of morpholine rings is 1. The maximum absolute atomic E-state index is 13.1. The Morgan fingerprint density at radius 3 is 2.55 bits per heavy atom. The van der Waals surface area contributed by atoms with Crippen molar-refractivity contribution in [2.75, 3.05) is 38.7 Å². The van der Waals surface area contributed by atoms with E-state index in [4.69, 9.17) is 9.47 Å². The molecule has 2 heterocycles. The first-order valence-electron chi connectivity index (χ1n) is 10.2. The molecule has 1 amide bonds. The van der Waals surface area contributed by atoms with Crippen LogP contribution < -0.4 is 10.1 Å². The van der Waals surface area contributed by atoms with Gasteiger partial charge < -0.3 is 14.8 Å². The number of nitrogens with one attached hydrogen (secondary N) is 1. The summed E-state index contributed by atoms with van der Waals surface area (Å²) < 4.78 is 39.6. The Kier molecular flexibility index (Phi) is 6.40. The van der Waals surface area contributed by atoms with Crippen LogP contribution >= 0.6 is 0 Å². The van der Waals surface area contributed by atoms with E-state index in [0.717, 1.165) is 5.56 Å². The van der Waals surface area contributed by atoms with E-state index < -0.39 is 15.9 Å². The van der Waals surface area contributed by atoms with Crippen LogP contribution in [0, 0.1) is 13.8 Å². The predicted octanol–water partition coefficient (Wildman–Crippen LogP) is 1.56. The van der Waals surface area contributed by atoms with Crippen molar-refractivity contribution in [2.45, 2.75) is 18.7 Å². The lowest BCUT2D eigenvalue weighted by Gasteiger charge is -2.26. The van der Waals surface area contributed by atoms with Crippen LogP contribution in [0.15, 0.2) is 41.3 Å². The highest BCUT2D eigenvalue weighted by Gasteiger charge is 2.28. The summed E-state index contributed by atoms with van der Waals surface area (Å²) in [5.41, 5.74) is 2.23. The molecule has 33 heavy (non-hydrogen) atoms. The van der Waals surface area contributed by atoms with Crippen LogP contribution in [0.5, 0.6) is 5.75 Å². The van der Waals surface area contributed by atoms with E-state index in [1.54, 1.807) is 23.7 Å². The molecule has 0 unspecified atom stereocenters. The summed E-state index contributed by atoms with van der Waals surface area (Å²) in [6, 6.07) is 9.58. The number of carbonyl (C=O) groups is 1. The van der Waals surface area contributed by atoms with E-state index in [1.807, 2.05) is 13.0 Å². The summed E-state index contributed by atoms with van der Waals surface area (Å²) in [6.45, 7) is 4.87. The Morgan fingerprint density at radius 2 is 1.88 bits per heavy atom. The van der Waals surface area contributed by atoms with Crippen molar-refractivity contribution in [2.24, 2.45) is 0 Å². The number of hydrogen-bond acceptors (Lipinski definition) is 8. The zero-order chi connectivity index (χ0) is 23.6. The fraction of sp³-hybridized carbons (Fsp3) is 0.333. The van der Waals surface area contributed by atoms with Crippen LogP contribution in [0.25, 0.3) is 5.69 Å². The fourth-order valence-electron chi connectivity index (χ4n) is 3.53. The van der Waals surface area contributed by atoms with Gasteiger partial charge in [0.05, 0.1) is 36.5 Å². The molecule has 0 spiro atoms. The average molecular weight is 473 g/mol. The number of tetrazole rings is 1. The van der Waals surface area contributed by atoms with Crippen molar-refractivity contribution >= 4 is 21.6 Å². The van der Waals surface area contributed by atoms with Gasteiger partial charge in [-0.05, 0) is 60.2 Å². The number of hydrogen-bond donors (Lipinski definition) is 1. The van der Waals surface area contributed by atoms with Crippen molar-refractivity contribution in [3.8, 4) is 11.4 Å². The predicted molar refractivity (Wildman–Crippen MR) is 119 cm³/mol. The molecule has 4 rings (SSSR count). The summed E-state index contributed by atoms with van der Waals surface area (Å²) in [5.74, 6) is 0.357. The molecule has 0 radical (unpaired) electrons. The summed E-state index contributed by atoms with van der Waals surface area (Å²) in [7, 11) is -2.35. The third-order valence-corrected chi connectivity index (χ3v) is 7.24. The molecule has 1 N–H and O–H groups in total. The number of rotatable bonds is 6. The van der Waals surface area contributed by atoms with Crippen molar-refractivity contribution in [1.82, 2.24) is 24.5 Å². The Labute approximate surface area is 191 Å². The lowest BCUT2D eigenvalue weighted by atomic mass is 10.1. The van der Waals surface area contributed by atoms with Crippen molar-refractivity contribution in [3.05, 3.63) is 53.3 Å². The first-order valence-corrected chi connectivity index (χ1v) is 11.7. The lowest BCUT2D eigenvalue weighted by Crippen LogP contribution is -2.40. The van der Waals surface area contributed by atoms with Gasteiger partial charge >= 0.3 is 0 Å². The van der Waals surface area contributed by atoms with Gasteiger partial charge in [-0.2, -0.15) is 8.99 Å². The molecule has 0 aliphatic carbocycles. The number of benzene rings is 2. The molecular weight excluding hydrogens is 448 g/mol. The van der Waals surface area contributed by atoms with Gasteiger partial charge in [0.25, 0.3) is 5.91 Å². The van der Waals surface area contributed by atoms with Crippen LogP contribution in [0.3, 0.4) is 0 Å². The first-order chi connectivity index (χ1) is 15.8. The minimum Gasteiger partial charge on any atom is -0.496 e. The molecule has 0 saturated carbocycles. The number of methoxy groups -OCH3 is 1. The second-order valence-electron chi connectivity index (χ2n) is 7.47. The fourth-order valence-corrected chi connectivity index (χ4v) is 4.96. The largest absolute Gasteiger partial charge is 0.496 e. The van der Waals surface area contributed by atoms with Crippen molar-refractivity contribution in [1.29, 1.82) is 0 Å². The lowest BCUT2D eigenvalue weighted by molar-refractivity contribution is 0.0730. The van der Waals surface area contributed by atoms with E-state index >= 15 is 0 Å². The Balaban J connectivity index is 1.65. The number of nitrogens with zero attached hydrogens (tertiary/aromatic N) is 5. The minimum atomic E-state index is -3.77. The van der Waals surface area contributed by atoms with Crippen molar-refractivity contribution < 1.29 is 22.7 Å². The van der Waals surface area contributed by atoms with Gasteiger partial charge in [-0.3, -0.25) is 4.79 Å². The normalized spacial score (nSPS) is 14.8. The van der Waals surface area contributed by atoms with E-state index in [-0.39, 0.29) is 29.3 Å². The highest BCUT2D eigenvalue weighted by Crippen LogP contribution is 2.27. The maximum Gasteiger partial charge on any atom is 0.259 e. The maximum atomic E-state index is 13.1. The van der Waals surface area contributed by atoms with Crippen LogP contribution in [0.4, 0.5) is 5.69 Å². The second-order valence-corrected chi connectivity index (χ2v) is 9.41. The number of sulfonamides is 1. The molecule has 1 aliphatic heterocycles. The number of ether oxygens (including phenoxy) is 2. The number of anilines is 1. The monoisotopic (exact) mass is 472 g/mol. The zero-order valence-electron chi connectivity index (χ0n) is 18.5. The standard InChI is InChI=1S/C21H24N6O5S/c1-14-4-5-16(12-19(14)27-15(2)23-24-25-27)22-21(28)18-13-17(6-7-20(18)31-3)33(29,30)26-8-10-32-11-9-26/h4-7,12-13H,8-11H2,1-3H3,(H,22,28). The van der Waals surface area contributed by atoms with Gasteiger partial charge in [0.1, 0.15) is 5.75 Å². The van der Waals surface area contributed by atoms with Crippen LogP contribution in [-0.4, -0.2) is 72.3 Å². The quantitative estimate of drug-likeness (QED) is 0.572.